The van der Waals surface area contributed by atoms with Crippen molar-refractivity contribution in [3.8, 4) is 17.2 Å². The minimum Gasteiger partial charge on any atom is -0.495 e. The van der Waals surface area contributed by atoms with Gasteiger partial charge in [0.2, 0.25) is 5.91 Å². The fourth-order valence-corrected chi connectivity index (χ4v) is 2.65. The molecule has 0 unspecified atom stereocenters. The van der Waals surface area contributed by atoms with Crippen LogP contribution in [0, 0.1) is 0 Å². The van der Waals surface area contributed by atoms with Gasteiger partial charge >= 0.3 is 0 Å². The molecular weight excluding hydrogens is 364 g/mol. The smallest absolute Gasteiger partial charge is 0.243 e. The molecular formula is C21H19ClN2O3. The predicted molar refractivity (Wildman–Crippen MR) is 108 cm³/mol. The Morgan fingerprint density at radius 1 is 0.926 bits per heavy atom. The minimum absolute atomic E-state index is 0.116. The molecule has 0 fully saturated rings. The number of para-hydroxylation sites is 1. The van der Waals surface area contributed by atoms with Crippen LogP contribution in [0.15, 0.2) is 72.8 Å². The average molecular weight is 383 g/mol. The van der Waals surface area contributed by atoms with Crippen LogP contribution in [-0.4, -0.2) is 19.6 Å². The zero-order chi connectivity index (χ0) is 19.1. The quantitative estimate of drug-likeness (QED) is 0.590. The zero-order valence-electron chi connectivity index (χ0n) is 14.7. The highest BCUT2D eigenvalue weighted by atomic mass is 35.5. The number of hydrogen-bond donors (Lipinski definition) is 2. The molecule has 2 N–H and O–H groups in total. The van der Waals surface area contributed by atoms with Gasteiger partial charge in [0.25, 0.3) is 0 Å². The first-order valence-electron chi connectivity index (χ1n) is 8.34. The largest absolute Gasteiger partial charge is 0.495 e. The van der Waals surface area contributed by atoms with Crippen LogP contribution in [0.5, 0.6) is 17.2 Å². The van der Waals surface area contributed by atoms with Crippen molar-refractivity contribution in [3.63, 3.8) is 0 Å². The lowest BCUT2D eigenvalue weighted by molar-refractivity contribution is -0.114. The molecule has 0 spiro atoms. The summed E-state index contributed by atoms with van der Waals surface area (Å²) in [6.45, 7) is 0.116. The number of carbonyl (C=O) groups is 1. The molecule has 6 heteroatoms. The third-order valence-electron chi connectivity index (χ3n) is 3.72. The lowest BCUT2D eigenvalue weighted by Crippen LogP contribution is -2.21. The molecule has 0 saturated carbocycles. The zero-order valence-corrected chi connectivity index (χ0v) is 15.5. The van der Waals surface area contributed by atoms with Gasteiger partial charge in [-0.15, -0.1) is 0 Å². The van der Waals surface area contributed by atoms with Gasteiger partial charge in [0.1, 0.15) is 17.2 Å². The van der Waals surface area contributed by atoms with Crippen molar-refractivity contribution in [2.75, 3.05) is 24.3 Å². The second-order valence-electron chi connectivity index (χ2n) is 5.69. The molecule has 0 aliphatic heterocycles. The highest BCUT2D eigenvalue weighted by Crippen LogP contribution is 2.27. The predicted octanol–water partition coefficient (Wildman–Crippen LogP) is 5.19. The van der Waals surface area contributed by atoms with Crippen LogP contribution in [0.3, 0.4) is 0 Å². The maximum atomic E-state index is 12.1. The summed E-state index contributed by atoms with van der Waals surface area (Å²) in [7, 11) is 1.55. The fourth-order valence-electron chi connectivity index (χ4n) is 2.39. The van der Waals surface area contributed by atoms with Gasteiger partial charge in [0.05, 0.1) is 18.7 Å². The second-order valence-corrected chi connectivity index (χ2v) is 6.10. The van der Waals surface area contributed by atoms with Crippen molar-refractivity contribution in [3.05, 3.63) is 77.8 Å². The lowest BCUT2D eigenvalue weighted by atomic mass is 10.3. The van der Waals surface area contributed by atoms with Crippen LogP contribution in [0.1, 0.15) is 0 Å². The number of rotatable bonds is 7. The average Bonchev–Trinajstić information content (AvgIpc) is 2.69. The van der Waals surface area contributed by atoms with Gasteiger partial charge in [-0.2, -0.15) is 0 Å². The molecule has 3 aromatic rings. The summed E-state index contributed by atoms with van der Waals surface area (Å²) in [6, 6.07) is 22.0. The Labute approximate surface area is 162 Å². The van der Waals surface area contributed by atoms with E-state index in [1.807, 2.05) is 30.3 Å². The van der Waals surface area contributed by atoms with Gasteiger partial charge in [0.15, 0.2) is 0 Å². The van der Waals surface area contributed by atoms with Gasteiger partial charge in [-0.1, -0.05) is 29.8 Å². The number of ether oxygens (including phenoxy) is 2. The standard InChI is InChI=1S/C21H19ClN2O3/c1-26-20-12-9-16(13-19(20)22)23-14-21(25)24-15-7-10-18(11-8-15)27-17-5-3-2-4-6-17/h2-13,23H,14H2,1H3,(H,24,25). The van der Waals surface area contributed by atoms with Gasteiger partial charge in [-0.05, 0) is 54.6 Å². The second kappa shape index (κ2) is 8.96. The Kier molecular flexibility index (Phi) is 6.18. The molecule has 27 heavy (non-hydrogen) atoms. The van der Waals surface area contributed by atoms with Crippen LogP contribution in [-0.2, 0) is 4.79 Å². The lowest BCUT2D eigenvalue weighted by Gasteiger charge is -2.10. The monoisotopic (exact) mass is 382 g/mol. The van der Waals surface area contributed by atoms with E-state index in [2.05, 4.69) is 10.6 Å². The first-order chi connectivity index (χ1) is 13.1. The van der Waals surface area contributed by atoms with Crippen LogP contribution < -0.4 is 20.1 Å². The number of carbonyl (C=O) groups excluding carboxylic acids is 1. The van der Waals surface area contributed by atoms with Crippen molar-refractivity contribution in [2.24, 2.45) is 0 Å². The maximum absolute atomic E-state index is 12.1. The van der Waals surface area contributed by atoms with Gasteiger partial charge in [-0.3, -0.25) is 4.79 Å². The SMILES string of the molecule is COc1ccc(NCC(=O)Nc2ccc(Oc3ccccc3)cc2)cc1Cl. The van der Waals surface area contributed by atoms with E-state index in [0.717, 1.165) is 11.4 Å². The molecule has 3 rings (SSSR count). The Morgan fingerprint density at radius 2 is 1.59 bits per heavy atom. The maximum Gasteiger partial charge on any atom is 0.243 e. The highest BCUT2D eigenvalue weighted by Gasteiger charge is 2.05. The summed E-state index contributed by atoms with van der Waals surface area (Å²) in [5, 5.41) is 6.33. The molecule has 0 bridgehead atoms. The summed E-state index contributed by atoms with van der Waals surface area (Å²) in [6.07, 6.45) is 0. The Bertz CT molecular complexity index is 899. The molecule has 0 radical (unpaired) electrons. The topological polar surface area (TPSA) is 59.6 Å². The first kappa shape index (κ1) is 18.6. The van der Waals surface area contributed by atoms with Crippen LogP contribution >= 0.6 is 11.6 Å². The van der Waals surface area contributed by atoms with Crippen molar-refractivity contribution in [1.82, 2.24) is 0 Å². The molecule has 0 atom stereocenters. The third-order valence-corrected chi connectivity index (χ3v) is 4.02. The van der Waals surface area contributed by atoms with E-state index >= 15 is 0 Å². The molecule has 0 heterocycles. The number of benzene rings is 3. The molecule has 0 aliphatic rings. The summed E-state index contributed by atoms with van der Waals surface area (Å²) >= 11 is 6.07. The van der Waals surface area contributed by atoms with E-state index in [0.29, 0.717) is 22.2 Å². The summed E-state index contributed by atoms with van der Waals surface area (Å²) in [4.78, 5) is 12.1. The van der Waals surface area contributed by atoms with E-state index in [-0.39, 0.29) is 12.5 Å². The molecule has 5 nitrogen and oxygen atoms in total. The molecule has 1 amide bonds. The number of hydrogen-bond acceptors (Lipinski definition) is 4. The normalized spacial score (nSPS) is 10.1. The summed E-state index contributed by atoms with van der Waals surface area (Å²) in [5.74, 6) is 1.88. The highest BCUT2D eigenvalue weighted by molar-refractivity contribution is 6.32. The minimum atomic E-state index is -0.168. The Morgan fingerprint density at radius 3 is 2.26 bits per heavy atom. The Hall–Kier alpha value is -3.18. The molecule has 0 saturated heterocycles. The van der Waals surface area contributed by atoms with E-state index in [1.165, 1.54) is 0 Å². The molecule has 138 valence electrons. The number of anilines is 2. The van der Waals surface area contributed by atoms with Crippen molar-refractivity contribution >= 4 is 28.9 Å². The first-order valence-corrected chi connectivity index (χ1v) is 8.72. The van der Waals surface area contributed by atoms with Crippen LogP contribution in [0.4, 0.5) is 11.4 Å². The van der Waals surface area contributed by atoms with E-state index in [4.69, 9.17) is 21.1 Å². The summed E-state index contributed by atoms with van der Waals surface area (Å²) in [5.41, 5.74) is 1.43. The van der Waals surface area contributed by atoms with E-state index in [9.17, 15) is 4.79 Å². The van der Waals surface area contributed by atoms with Crippen LogP contribution in [0.25, 0.3) is 0 Å². The number of nitrogens with one attached hydrogen (secondary N) is 2. The van der Waals surface area contributed by atoms with E-state index < -0.39 is 0 Å². The number of amides is 1. The molecule has 0 aromatic heterocycles. The van der Waals surface area contributed by atoms with Crippen molar-refractivity contribution in [2.45, 2.75) is 0 Å². The van der Waals surface area contributed by atoms with E-state index in [1.54, 1.807) is 49.6 Å². The number of methoxy groups -OCH3 is 1. The number of halogens is 1. The van der Waals surface area contributed by atoms with Crippen molar-refractivity contribution in [1.29, 1.82) is 0 Å². The third kappa shape index (κ3) is 5.39. The van der Waals surface area contributed by atoms with Gasteiger partial charge in [-0.25, -0.2) is 0 Å². The summed E-state index contributed by atoms with van der Waals surface area (Å²) < 4.78 is 10.8. The molecule has 0 aliphatic carbocycles. The van der Waals surface area contributed by atoms with Gasteiger partial charge in [0, 0.05) is 11.4 Å². The fraction of sp³-hybridized carbons (Fsp3) is 0.0952. The van der Waals surface area contributed by atoms with Gasteiger partial charge < -0.3 is 20.1 Å². The van der Waals surface area contributed by atoms with Crippen LogP contribution in [0.2, 0.25) is 5.02 Å². The molecule has 3 aromatic carbocycles. The van der Waals surface area contributed by atoms with Crippen molar-refractivity contribution < 1.29 is 14.3 Å². The Balaban J connectivity index is 1.51.